The van der Waals surface area contributed by atoms with Gasteiger partial charge in [0.15, 0.2) is 0 Å². The highest BCUT2D eigenvalue weighted by atomic mass is 32.2. The Morgan fingerprint density at radius 2 is 1.93 bits per heavy atom. The van der Waals surface area contributed by atoms with Crippen molar-refractivity contribution in [3.05, 3.63) is 23.3 Å². The van der Waals surface area contributed by atoms with Gasteiger partial charge in [-0.25, -0.2) is 9.86 Å². The maximum atomic E-state index is 11.0. The van der Waals surface area contributed by atoms with Crippen molar-refractivity contribution >= 4 is 10.2 Å². The third kappa shape index (κ3) is 5.94. The molecular weight excluding hydrogens is 400 g/mol. The Balaban J connectivity index is 1.63. The largest absolute Gasteiger partial charge is 0.393 e. The molecule has 3 fully saturated rings. The summed E-state index contributed by atoms with van der Waals surface area (Å²) in [6.07, 6.45) is 13.4. The molecule has 0 amide bonds. The molecule has 3 saturated carbocycles. The third-order valence-electron chi connectivity index (χ3n) is 7.94. The molecule has 7 heteroatoms. The Morgan fingerprint density at radius 3 is 2.60 bits per heavy atom. The molecule has 0 aromatic heterocycles. The van der Waals surface area contributed by atoms with Gasteiger partial charge < -0.3 is 10.2 Å². The van der Waals surface area contributed by atoms with Crippen LogP contribution in [0.3, 0.4) is 0 Å². The van der Waals surface area contributed by atoms with Crippen molar-refractivity contribution in [3.8, 4) is 0 Å². The van der Waals surface area contributed by atoms with Gasteiger partial charge in [-0.1, -0.05) is 37.1 Å². The zero-order valence-electron chi connectivity index (χ0n) is 18.5. The predicted molar refractivity (Wildman–Crippen MR) is 120 cm³/mol. The Labute approximate surface area is 182 Å². The molecule has 172 valence electrons. The van der Waals surface area contributed by atoms with Gasteiger partial charge in [-0.15, -0.1) is 0 Å². The maximum Gasteiger partial charge on any atom is 0.274 e. The highest BCUT2D eigenvalue weighted by Crippen LogP contribution is 2.59. The van der Waals surface area contributed by atoms with Gasteiger partial charge >= 0.3 is 0 Å². The number of nitrogens with one attached hydrogen (secondary N) is 1. The quantitative estimate of drug-likeness (QED) is 0.455. The summed E-state index contributed by atoms with van der Waals surface area (Å²) in [5.41, 5.74) is 3.00. The van der Waals surface area contributed by atoms with Gasteiger partial charge in [0, 0.05) is 6.54 Å². The van der Waals surface area contributed by atoms with Crippen LogP contribution in [-0.4, -0.2) is 37.4 Å². The summed E-state index contributed by atoms with van der Waals surface area (Å²) in [5, 5.41) is 24.9. The molecule has 0 unspecified atom stereocenters. The zero-order chi connectivity index (χ0) is 21.9. The number of hydrogen-bond acceptors (Lipinski definition) is 4. The van der Waals surface area contributed by atoms with Crippen LogP contribution in [0.4, 0.5) is 0 Å². The van der Waals surface area contributed by atoms with E-state index in [-0.39, 0.29) is 0 Å². The second kappa shape index (κ2) is 9.82. The third-order valence-corrected chi connectivity index (χ3v) is 8.54. The second-order valence-corrected chi connectivity index (χ2v) is 11.6. The summed E-state index contributed by atoms with van der Waals surface area (Å²) in [6.45, 7) is 5.19. The highest BCUT2D eigenvalue weighted by Gasteiger charge is 2.50. The van der Waals surface area contributed by atoms with Crippen LogP contribution in [0.5, 0.6) is 0 Å². The Morgan fingerprint density at radius 1 is 1.23 bits per heavy atom. The van der Waals surface area contributed by atoms with Gasteiger partial charge in [-0.2, -0.15) is 8.42 Å². The van der Waals surface area contributed by atoms with Gasteiger partial charge in [-0.05, 0) is 87.4 Å². The molecule has 0 heterocycles. The topological polar surface area (TPSA) is 113 Å². The van der Waals surface area contributed by atoms with Crippen LogP contribution in [0.2, 0.25) is 0 Å². The first-order chi connectivity index (χ1) is 14.1. The monoisotopic (exact) mass is 440 g/mol. The normalized spacial score (nSPS) is 37.2. The number of aliphatic hydroxyl groups excluding tert-OH is 2. The van der Waals surface area contributed by atoms with Gasteiger partial charge in [-0.3, -0.25) is 0 Å². The first kappa shape index (κ1) is 23.9. The molecule has 0 radical (unpaired) electrons. The lowest BCUT2D eigenvalue weighted by Crippen LogP contribution is -2.36. The van der Waals surface area contributed by atoms with E-state index < -0.39 is 22.4 Å². The van der Waals surface area contributed by atoms with E-state index in [1.165, 1.54) is 31.3 Å². The zero-order valence-corrected chi connectivity index (χ0v) is 19.3. The molecule has 3 aliphatic carbocycles. The Kier molecular flexibility index (Phi) is 7.83. The minimum Gasteiger partial charge on any atom is -0.393 e. The Hall–Kier alpha value is -0.730. The second-order valence-electron chi connectivity index (χ2n) is 10.2. The summed E-state index contributed by atoms with van der Waals surface area (Å²) in [7, 11) is -3.60. The molecule has 0 saturated heterocycles. The van der Waals surface area contributed by atoms with Crippen LogP contribution >= 0.6 is 0 Å². The average molecular weight is 441 g/mol. The number of allylic oxidation sites excluding steroid dienone is 3. The molecule has 0 aliphatic heterocycles. The molecular formula is C23H40N2O4S. The van der Waals surface area contributed by atoms with E-state index in [0.29, 0.717) is 49.0 Å². The van der Waals surface area contributed by atoms with E-state index in [4.69, 9.17) is 5.14 Å². The van der Waals surface area contributed by atoms with Crippen molar-refractivity contribution in [2.24, 2.45) is 28.3 Å². The van der Waals surface area contributed by atoms with E-state index >= 15 is 0 Å². The molecule has 6 atom stereocenters. The number of aliphatic hydroxyl groups is 2. The van der Waals surface area contributed by atoms with Crippen LogP contribution in [0.1, 0.15) is 78.1 Å². The van der Waals surface area contributed by atoms with Gasteiger partial charge in [0.1, 0.15) is 0 Å². The molecule has 6 nitrogen and oxygen atoms in total. The van der Waals surface area contributed by atoms with E-state index in [2.05, 4.69) is 30.7 Å². The summed E-state index contributed by atoms with van der Waals surface area (Å²) >= 11 is 0. The van der Waals surface area contributed by atoms with Crippen molar-refractivity contribution < 1.29 is 18.6 Å². The highest BCUT2D eigenvalue weighted by molar-refractivity contribution is 7.87. The predicted octanol–water partition coefficient (Wildman–Crippen LogP) is 3.17. The first-order valence-corrected chi connectivity index (χ1v) is 13.1. The van der Waals surface area contributed by atoms with Gasteiger partial charge in [0.05, 0.1) is 12.2 Å². The smallest absolute Gasteiger partial charge is 0.274 e. The number of rotatable bonds is 7. The molecule has 30 heavy (non-hydrogen) atoms. The number of nitrogens with two attached hydrogens (primary N) is 1. The molecule has 0 spiro atoms. The number of hydrogen-bond donors (Lipinski definition) is 4. The van der Waals surface area contributed by atoms with Crippen LogP contribution in [-0.2, 0) is 10.2 Å². The number of fused-ring (bicyclic) bond motifs is 1. The van der Waals surface area contributed by atoms with Crippen LogP contribution < -0.4 is 9.86 Å². The van der Waals surface area contributed by atoms with Crippen molar-refractivity contribution in [2.45, 2.75) is 90.3 Å². The lowest BCUT2D eigenvalue weighted by Gasteiger charge is -2.44. The summed E-state index contributed by atoms with van der Waals surface area (Å²) < 4.78 is 24.5. The molecule has 0 bridgehead atoms. The van der Waals surface area contributed by atoms with E-state index in [9.17, 15) is 18.6 Å². The minimum absolute atomic E-state index is 0.307. The van der Waals surface area contributed by atoms with Crippen molar-refractivity contribution in [1.82, 2.24) is 4.72 Å². The van der Waals surface area contributed by atoms with Crippen LogP contribution in [0.15, 0.2) is 23.3 Å². The summed E-state index contributed by atoms with van der Waals surface area (Å²) in [6, 6.07) is 0. The van der Waals surface area contributed by atoms with Gasteiger partial charge in [0.2, 0.25) is 0 Å². The lowest BCUT2D eigenvalue weighted by atomic mass is 9.60. The first-order valence-electron chi connectivity index (χ1n) is 11.6. The fourth-order valence-electron chi connectivity index (χ4n) is 6.58. The van der Waals surface area contributed by atoms with Crippen molar-refractivity contribution in [1.29, 1.82) is 0 Å². The summed E-state index contributed by atoms with van der Waals surface area (Å²) in [4.78, 5) is 0. The average Bonchev–Trinajstić information content (AvgIpc) is 2.99. The van der Waals surface area contributed by atoms with E-state index in [1.54, 1.807) is 0 Å². The molecule has 0 aromatic rings. The minimum atomic E-state index is -3.60. The SMILES string of the molecule is C[C@H](CCCNS(N)(=O)=O)[C@H]1CC[C@H]2/C(=C/C=C3C[C@@H](O)C[C@H](O)C3)CCC[C@]12C. The Bertz CT molecular complexity index is 751. The van der Waals surface area contributed by atoms with Crippen molar-refractivity contribution in [3.63, 3.8) is 0 Å². The van der Waals surface area contributed by atoms with Crippen molar-refractivity contribution in [2.75, 3.05) is 6.54 Å². The fourth-order valence-corrected chi connectivity index (χ4v) is 7.01. The standard InChI is InChI=1S/C23H40N2O4S/c1-16(5-4-12-25-30(24,28)29)21-9-10-22-18(6-3-11-23(21,22)2)8-7-17-13-19(26)15-20(27)14-17/h7-8,16,19-22,25-27H,3-6,9-15H2,1-2H3,(H2,24,28,29)/b18-8+/t16-,19-,20-,21-,22+,23-/m1/s1. The molecule has 3 aliphatic rings. The lowest BCUT2D eigenvalue weighted by molar-refractivity contribution is 0.0609. The molecule has 3 rings (SSSR count). The molecule has 5 N–H and O–H groups in total. The maximum absolute atomic E-state index is 11.0. The van der Waals surface area contributed by atoms with Gasteiger partial charge in [0.25, 0.3) is 10.2 Å². The van der Waals surface area contributed by atoms with Crippen LogP contribution in [0, 0.1) is 23.2 Å². The van der Waals surface area contributed by atoms with E-state index in [0.717, 1.165) is 24.8 Å². The van der Waals surface area contributed by atoms with Crippen LogP contribution in [0.25, 0.3) is 0 Å². The fraction of sp³-hybridized carbons (Fsp3) is 0.826. The summed E-state index contributed by atoms with van der Waals surface area (Å²) in [5.74, 6) is 1.83. The molecule has 0 aromatic carbocycles. The van der Waals surface area contributed by atoms with E-state index in [1.807, 2.05) is 0 Å².